The Morgan fingerprint density at radius 3 is 2.38 bits per heavy atom. The van der Waals surface area contributed by atoms with Crippen molar-refractivity contribution in [3.8, 4) is 0 Å². The summed E-state index contributed by atoms with van der Waals surface area (Å²) in [6.45, 7) is 5.79. The van der Waals surface area contributed by atoms with Crippen molar-refractivity contribution < 1.29 is 18.4 Å². The van der Waals surface area contributed by atoms with E-state index in [0.29, 0.717) is 43.1 Å². The molecule has 5 nitrogen and oxygen atoms in total. The minimum Gasteiger partial charge on any atom is -0.468 e. The molecule has 1 saturated heterocycles. The number of rotatable bonds is 4. The van der Waals surface area contributed by atoms with Crippen LogP contribution in [0.5, 0.6) is 0 Å². The van der Waals surface area contributed by atoms with Gasteiger partial charge >= 0.3 is 0 Å². The average molecular weight is 358 g/mol. The quantitative estimate of drug-likeness (QED) is 0.844. The summed E-state index contributed by atoms with van der Waals surface area (Å²) in [6, 6.07) is 8.01. The molecule has 1 aliphatic rings. The molecule has 0 radical (unpaired) electrons. The third-order valence-electron chi connectivity index (χ3n) is 4.67. The van der Waals surface area contributed by atoms with Crippen LogP contribution in [0.1, 0.15) is 41.4 Å². The summed E-state index contributed by atoms with van der Waals surface area (Å²) >= 11 is 0. The van der Waals surface area contributed by atoms with Crippen molar-refractivity contribution in [2.24, 2.45) is 0 Å². The van der Waals surface area contributed by atoms with Gasteiger partial charge in [0.15, 0.2) is 0 Å². The van der Waals surface area contributed by atoms with Gasteiger partial charge in [-0.25, -0.2) is 4.39 Å². The Balaban J connectivity index is 1.58. The van der Waals surface area contributed by atoms with E-state index in [2.05, 4.69) is 0 Å². The van der Waals surface area contributed by atoms with Gasteiger partial charge in [-0.1, -0.05) is 32.0 Å². The van der Waals surface area contributed by atoms with Crippen molar-refractivity contribution in [1.82, 2.24) is 9.80 Å². The molecule has 0 aliphatic carbocycles. The number of piperazine rings is 1. The standard InChI is InChI=1S/C20H23FN2O3/c1-14(2)19-16(7-12-26-19)20(25)23-10-8-22(9-11-23)18(24)13-15-5-3-4-6-17(15)21/h3-7,12,14H,8-11,13H2,1-2H3. The van der Waals surface area contributed by atoms with Crippen LogP contribution in [0.3, 0.4) is 0 Å². The zero-order valence-electron chi connectivity index (χ0n) is 15.1. The zero-order chi connectivity index (χ0) is 18.7. The van der Waals surface area contributed by atoms with Gasteiger partial charge in [0.1, 0.15) is 11.6 Å². The normalized spacial score (nSPS) is 14.8. The molecule has 0 N–H and O–H groups in total. The van der Waals surface area contributed by atoms with Gasteiger partial charge in [0.05, 0.1) is 18.2 Å². The number of hydrogen-bond donors (Lipinski definition) is 0. The Hall–Kier alpha value is -2.63. The largest absolute Gasteiger partial charge is 0.468 e. The second-order valence-electron chi connectivity index (χ2n) is 6.79. The molecule has 0 spiro atoms. The molecule has 138 valence electrons. The number of halogens is 1. The van der Waals surface area contributed by atoms with Gasteiger partial charge in [-0.05, 0) is 17.7 Å². The van der Waals surface area contributed by atoms with E-state index in [0.717, 1.165) is 0 Å². The summed E-state index contributed by atoms with van der Waals surface area (Å²) in [6.07, 6.45) is 1.58. The molecule has 1 aromatic carbocycles. The van der Waals surface area contributed by atoms with Crippen molar-refractivity contribution in [3.63, 3.8) is 0 Å². The lowest BCUT2D eigenvalue weighted by molar-refractivity contribution is -0.132. The molecule has 2 aromatic rings. The maximum Gasteiger partial charge on any atom is 0.257 e. The van der Waals surface area contributed by atoms with Crippen LogP contribution >= 0.6 is 0 Å². The van der Waals surface area contributed by atoms with Gasteiger partial charge in [0.2, 0.25) is 5.91 Å². The molecule has 0 saturated carbocycles. The Morgan fingerprint density at radius 1 is 1.08 bits per heavy atom. The predicted octanol–water partition coefficient (Wildman–Crippen LogP) is 3.07. The van der Waals surface area contributed by atoms with Gasteiger partial charge in [-0.15, -0.1) is 0 Å². The highest BCUT2D eigenvalue weighted by Crippen LogP contribution is 2.22. The molecule has 6 heteroatoms. The summed E-state index contributed by atoms with van der Waals surface area (Å²) < 4.78 is 19.1. The number of benzene rings is 1. The van der Waals surface area contributed by atoms with Crippen LogP contribution in [0.2, 0.25) is 0 Å². The molecule has 3 rings (SSSR count). The Bertz CT molecular complexity index is 792. The lowest BCUT2D eigenvalue weighted by Gasteiger charge is -2.35. The molecular weight excluding hydrogens is 335 g/mol. The average Bonchev–Trinajstić information content (AvgIpc) is 3.13. The maximum atomic E-state index is 13.7. The van der Waals surface area contributed by atoms with Crippen LogP contribution in [0.15, 0.2) is 41.0 Å². The molecule has 0 atom stereocenters. The van der Waals surface area contributed by atoms with Gasteiger partial charge in [0.25, 0.3) is 5.91 Å². The maximum absolute atomic E-state index is 13.7. The van der Waals surface area contributed by atoms with E-state index < -0.39 is 0 Å². The first-order valence-corrected chi connectivity index (χ1v) is 8.85. The lowest BCUT2D eigenvalue weighted by Crippen LogP contribution is -2.51. The topological polar surface area (TPSA) is 53.8 Å². The highest BCUT2D eigenvalue weighted by Gasteiger charge is 2.27. The van der Waals surface area contributed by atoms with Crippen LogP contribution in [-0.4, -0.2) is 47.8 Å². The predicted molar refractivity (Wildman–Crippen MR) is 95.4 cm³/mol. The van der Waals surface area contributed by atoms with Crippen LogP contribution in [-0.2, 0) is 11.2 Å². The fourth-order valence-electron chi connectivity index (χ4n) is 3.19. The number of amides is 2. The van der Waals surface area contributed by atoms with Gasteiger partial charge < -0.3 is 14.2 Å². The van der Waals surface area contributed by atoms with Gasteiger partial charge in [0, 0.05) is 32.1 Å². The summed E-state index contributed by atoms with van der Waals surface area (Å²) in [5, 5.41) is 0. The third-order valence-corrected chi connectivity index (χ3v) is 4.67. The van der Waals surface area contributed by atoms with Crippen molar-refractivity contribution in [1.29, 1.82) is 0 Å². The van der Waals surface area contributed by atoms with Crippen LogP contribution in [0.4, 0.5) is 4.39 Å². The Morgan fingerprint density at radius 2 is 1.73 bits per heavy atom. The minimum atomic E-state index is -0.365. The lowest BCUT2D eigenvalue weighted by atomic mass is 10.1. The van der Waals surface area contributed by atoms with E-state index in [-0.39, 0.29) is 30.0 Å². The smallest absolute Gasteiger partial charge is 0.257 e. The minimum absolute atomic E-state index is 0.0415. The van der Waals surface area contributed by atoms with Gasteiger partial charge in [-0.3, -0.25) is 9.59 Å². The number of carbonyl (C=O) groups is 2. The molecule has 2 amide bonds. The summed E-state index contributed by atoms with van der Waals surface area (Å²) in [5.41, 5.74) is 0.988. The highest BCUT2D eigenvalue weighted by atomic mass is 19.1. The molecule has 1 fully saturated rings. The summed E-state index contributed by atoms with van der Waals surface area (Å²) in [4.78, 5) is 28.5. The van der Waals surface area contributed by atoms with E-state index in [1.165, 1.54) is 12.3 Å². The third kappa shape index (κ3) is 3.79. The molecule has 26 heavy (non-hydrogen) atoms. The first-order chi connectivity index (χ1) is 12.5. The van der Waals surface area contributed by atoms with E-state index in [1.807, 2.05) is 13.8 Å². The van der Waals surface area contributed by atoms with Crippen LogP contribution < -0.4 is 0 Å². The van der Waals surface area contributed by atoms with E-state index in [9.17, 15) is 14.0 Å². The first-order valence-electron chi connectivity index (χ1n) is 8.85. The Kier molecular flexibility index (Phi) is 5.40. The molecule has 0 bridgehead atoms. The molecule has 0 unspecified atom stereocenters. The molecule has 1 aromatic heterocycles. The number of furan rings is 1. The second kappa shape index (κ2) is 7.72. The fourth-order valence-corrected chi connectivity index (χ4v) is 3.19. The van der Waals surface area contributed by atoms with Crippen molar-refractivity contribution in [3.05, 3.63) is 59.3 Å². The van der Waals surface area contributed by atoms with Crippen molar-refractivity contribution in [2.45, 2.75) is 26.2 Å². The van der Waals surface area contributed by atoms with E-state index in [1.54, 1.807) is 34.1 Å². The van der Waals surface area contributed by atoms with Crippen LogP contribution in [0, 0.1) is 5.82 Å². The zero-order valence-corrected chi connectivity index (χ0v) is 15.1. The fraction of sp³-hybridized carbons (Fsp3) is 0.400. The number of carbonyl (C=O) groups excluding carboxylic acids is 2. The second-order valence-corrected chi connectivity index (χ2v) is 6.79. The van der Waals surface area contributed by atoms with E-state index >= 15 is 0 Å². The van der Waals surface area contributed by atoms with Gasteiger partial charge in [-0.2, -0.15) is 0 Å². The summed E-state index contributed by atoms with van der Waals surface area (Å²) in [5.74, 6) is 0.272. The molecular formula is C20H23FN2O3. The molecule has 1 aliphatic heterocycles. The van der Waals surface area contributed by atoms with Crippen LogP contribution in [0.25, 0.3) is 0 Å². The van der Waals surface area contributed by atoms with E-state index in [4.69, 9.17) is 4.42 Å². The monoisotopic (exact) mass is 358 g/mol. The number of nitrogens with zero attached hydrogens (tertiary/aromatic N) is 2. The number of hydrogen-bond acceptors (Lipinski definition) is 3. The SMILES string of the molecule is CC(C)c1occc1C(=O)N1CCN(C(=O)Cc2ccccc2F)CC1. The Labute approximate surface area is 152 Å². The molecule has 2 heterocycles. The first kappa shape index (κ1) is 18.2. The highest BCUT2D eigenvalue weighted by molar-refractivity contribution is 5.95. The van der Waals surface area contributed by atoms with Crippen molar-refractivity contribution in [2.75, 3.05) is 26.2 Å². The summed E-state index contributed by atoms with van der Waals surface area (Å²) in [7, 11) is 0. The van der Waals surface area contributed by atoms with Crippen molar-refractivity contribution >= 4 is 11.8 Å².